The van der Waals surface area contributed by atoms with Crippen LogP contribution in [-0.2, 0) is 20.0 Å². The maximum atomic E-state index is 12.8. The van der Waals surface area contributed by atoms with Crippen LogP contribution in [0.2, 0.25) is 10.0 Å². The summed E-state index contributed by atoms with van der Waals surface area (Å²) >= 11 is 13.9. The van der Waals surface area contributed by atoms with Crippen LogP contribution >= 0.6 is 35.0 Å². The van der Waals surface area contributed by atoms with E-state index in [0.29, 0.717) is 57.0 Å². The topological polar surface area (TPSA) is 183 Å². The molecule has 1 unspecified atom stereocenters. The number of hydrogen-bond acceptors (Lipinski definition) is 13. The molecule has 6 rings (SSSR count). The second-order valence-corrected chi connectivity index (χ2v) is 18.7. The van der Waals surface area contributed by atoms with E-state index < -0.39 is 20.0 Å². The van der Waals surface area contributed by atoms with Crippen molar-refractivity contribution in [2.24, 2.45) is 5.92 Å². The summed E-state index contributed by atoms with van der Waals surface area (Å²) < 4.78 is 55.4. The van der Waals surface area contributed by atoms with Gasteiger partial charge in [0.1, 0.15) is 35.9 Å². The number of rotatable bonds is 17. The molecule has 58 heavy (non-hydrogen) atoms. The van der Waals surface area contributed by atoms with Crippen molar-refractivity contribution in [1.82, 2.24) is 29.4 Å². The Morgan fingerprint density at radius 3 is 1.83 bits per heavy atom. The predicted molar refractivity (Wildman–Crippen MR) is 234 cm³/mol. The lowest BCUT2D eigenvalue weighted by molar-refractivity contribution is 0.586. The molecule has 6 aromatic rings. The van der Waals surface area contributed by atoms with E-state index in [1.165, 1.54) is 26.7 Å². The van der Waals surface area contributed by atoms with Crippen LogP contribution < -0.4 is 30.3 Å². The highest BCUT2D eigenvalue weighted by atomic mass is 35.5. The standard InChI is InChI=1S/C39H40Cl2N10O4S3/c1-25(21-51(30-12-8-28(41)9-13-30)39-20-38(46-24-47-39)49-33-17-31(14-5-26(33)2)57(52,53)42-3)22-56-35-16-15-32(58(54,55)43-4)18-34(35)50-37-19-36(44-23-45-37)48-29-10-6-27(40)7-11-29/h5-20,23-25,42-43H,21-22H2,1-4H3,(H,46,47,49)(H2,44,45,48,50). The van der Waals surface area contributed by atoms with Gasteiger partial charge in [-0.1, -0.05) is 36.2 Å². The van der Waals surface area contributed by atoms with E-state index in [4.69, 9.17) is 23.2 Å². The van der Waals surface area contributed by atoms with Crippen LogP contribution in [0.1, 0.15) is 12.5 Å². The van der Waals surface area contributed by atoms with Gasteiger partial charge in [0.2, 0.25) is 20.0 Å². The molecular formula is C39H40Cl2N10O4S3. The van der Waals surface area contributed by atoms with Crippen molar-refractivity contribution in [2.75, 3.05) is 47.2 Å². The van der Waals surface area contributed by atoms with Crippen molar-refractivity contribution < 1.29 is 16.8 Å². The van der Waals surface area contributed by atoms with Crippen LogP contribution in [0.4, 0.5) is 46.0 Å². The van der Waals surface area contributed by atoms with Crippen LogP contribution in [0.25, 0.3) is 0 Å². The minimum Gasteiger partial charge on any atom is -0.340 e. The average molecular weight is 880 g/mol. The summed E-state index contributed by atoms with van der Waals surface area (Å²) in [4.78, 5) is 20.8. The molecule has 0 bridgehead atoms. The minimum atomic E-state index is -3.75. The molecule has 5 N–H and O–H groups in total. The summed E-state index contributed by atoms with van der Waals surface area (Å²) in [7, 11) is -4.68. The van der Waals surface area contributed by atoms with Crippen LogP contribution in [0.5, 0.6) is 0 Å². The van der Waals surface area contributed by atoms with Crippen LogP contribution in [0.3, 0.4) is 0 Å². The molecule has 0 radical (unpaired) electrons. The zero-order valence-corrected chi connectivity index (χ0v) is 35.7. The Kier molecular flexibility index (Phi) is 13.7. The highest BCUT2D eigenvalue weighted by Crippen LogP contribution is 2.35. The SMILES string of the molecule is CNS(=O)(=O)c1ccc(C)c(Nc2cc(N(CC(C)CSc3ccc(S(=O)(=O)NC)cc3Nc3cc(Nc4ccc(Cl)cc4)ncn3)c3ccc(Cl)cc3)ncn2)c1. The summed E-state index contributed by atoms with van der Waals surface area (Å²) in [6.45, 7) is 4.51. The van der Waals surface area contributed by atoms with Gasteiger partial charge in [0.05, 0.1) is 15.5 Å². The number of halogens is 2. The van der Waals surface area contributed by atoms with Gasteiger partial charge in [-0.25, -0.2) is 46.2 Å². The Morgan fingerprint density at radius 2 is 1.19 bits per heavy atom. The monoisotopic (exact) mass is 878 g/mol. The molecule has 0 spiro atoms. The van der Waals surface area contributed by atoms with Crippen LogP contribution in [-0.4, -0.2) is 63.2 Å². The molecule has 14 nitrogen and oxygen atoms in total. The maximum absolute atomic E-state index is 12.8. The second-order valence-electron chi connectivity index (χ2n) is 13.0. The summed E-state index contributed by atoms with van der Waals surface area (Å²) in [5.74, 6) is 2.73. The summed E-state index contributed by atoms with van der Waals surface area (Å²) in [6, 6.07) is 27.9. The normalized spacial score (nSPS) is 12.2. The lowest BCUT2D eigenvalue weighted by Gasteiger charge is -2.27. The van der Waals surface area contributed by atoms with E-state index in [9.17, 15) is 16.8 Å². The van der Waals surface area contributed by atoms with E-state index in [1.54, 1.807) is 72.4 Å². The molecule has 0 saturated heterocycles. The fraction of sp³-hybridized carbons (Fsp3) is 0.179. The molecule has 4 aromatic carbocycles. The molecule has 0 amide bonds. The van der Waals surface area contributed by atoms with Crippen LogP contribution in [0.15, 0.2) is 124 Å². The first-order chi connectivity index (χ1) is 27.7. The molecule has 1 atom stereocenters. The fourth-order valence-corrected chi connectivity index (χ4v) is 8.36. The van der Waals surface area contributed by atoms with Gasteiger partial charge >= 0.3 is 0 Å². The van der Waals surface area contributed by atoms with Gasteiger partial charge in [-0.05, 0) is 111 Å². The van der Waals surface area contributed by atoms with Crippen molar-refractivity contribution in [1.29, 1.82) is 0 Å². The summed E-state index contributed by atoms with van der Waals surface area (Å²) in [6.07, 6.45) is 2.86. The maximum Gasteiger partial charge on any atom is 0.240 e. The first-order valence-corrected chi connectivity index (χ1v) is 22.4. The lowest BCUT2D eigenvalue weighted by Crippen LogP contribution is -2.26. The van der Waals surface area contributed by atoms with Crippen molar-refractivity contribution in [3.63, 3.8) is 0 Å². The smallest absolute Gasteiger partial charge is 0.240 e. The Hall–Kier alpha value is -5.01. The first kappa shape index (κ1) is 42.6. The summed E-state index contributed by atoms with van der Waals surface area (Å²) in [5, 5.41) is 11.0. The average Bonchev–Trinajstić information content (AvgIpc) is 3.21. The molecule has 0 fully saturated rings. The first-order valence-electron chi connectivity index (χ1n) is 17.7. The molecule has 2 heterocycles. The van der Waals surface area contributed by atoms with E-state index >= 15 is 0 Å². The zero-order valence-electron chi connectivity index (χ0n) is 31.7. The third-order valence-corrected chi connectivity index (χ3v) is 13.4. The van der Waals surface area contributed by atoms with Crippen molar-refractivity contribution in [3.8, 4) is 0 Å². The number of aromatic nitrogens is 4. The second kappa shape index (κ2) is 18.7. The Morgan fingerprint density at radius 1 is 0.655 bits per heavy atom. The van der Waals surface area contributed by atoms with Crippen molar-refractivity contribution >= 4 is 101 Å². The van der Waals surface area contributed by atoms with Crippen molar-refractivity contribution in [3.05, 3.63) is 125 Å². The number of benzene rings is 4. The van der Waals surface area contributed by atoms with E-state index in [2.05, 4.69) is 57.2 Å². The minimum absolute atomic E-state index is 0.0560. The van der Waals surface area contributed by atoms with Gasteiger partial charge in [-0.15, -0.1) is 11.8 Å². The van der Waals surface area contributed by atoms with Crippen molar-refractivity contribution in [2.45, 2.75) is 28.5 Å². The number of hydrogen-bond donors (Lipinski definition) is 5. The van der Waals surface area contributed by atoms with Gasteiger partial charge in [0.15, 0.2) is 0 Å². The number of nitrogens with zero attached hydrogens (tertiary/aromatic N) is 5. The van der Waals surface area contributed by atoms with E-state index in [0.717, 1.165) is 21.8 Å². The number of sulfonamides is 2. The quantitative estimate of drug-likeness (QED) is 0.0551. The zero-order chi connectivity index (χ0) is 41.5. The number of thioether (sulfide) groups is 1. The molecule has 19 heteroatoms. The molecule has 0 aliphatic heterocycles. The van der Waals surface area contributed by atoms with Gasteiger partial charge in [0, 0.05) is 56.4 Å². The number of nitrogens with one attached hydrogen (secondary N) is 5. The number of anilines is 8. The van der Waals surface area contributed by atoms with Crippen LogP contribution in [0, 0.1) is 12.8 Å². The van der Waals surface area contributed by atoms with Gasteiger partial charge < -0.3 is 20.9 Å². The molecule has 0 saturated carbocycles. The molecule has 2 aromatic heterocycles. The molecule has 302 valence electrons. The number of aryl methyl sites for hydroxylation is 1. The Labute approximate surface area is 352 Å². The largest absolute Gasteiger partial charge is 0.340 e. The highest BCUT2D eigenvalue weighted by Gasteiger charge is 2.20. The third kappa shape index (κ3) is 10.9. The molecule has 0 aliphatic rings. The Bertz CT molecular complexity index is 2600. The van der Waals surface area contributed by atoms with E-state index in [1.807, 2.05) is 43.3 Å². The van der Waals surface area contributed by atoms with Gasteiger partial charge in [-0.2, -0.15) is 0 Å². The highest BCUT2D eigenvalue weighted by molar-refractivity contribution is 7.99. The molecular weight excluding hydrogens is 840 g/mol. The van der Waals surface area contributed by atoms with Gasteiger partial charge in [-0.3, -0.25) is 0 Å². The Balaban J connectivity index is 1.24. The lowest BCUT2D eigenvalue weighted by atomic mass is 10.1. The van der Waals surface area contributed by atoms with E-state index in [-0.39, 0.29) is 15.7 Å². The predicted octanol–water partition coefficient (Wildman–Crippen LogP) is 8.50. The fourth-order valence-electron chi connectivity index (χ4n) is 5.60. The van der Waals surface area contributed by atoms with Gasteiger partial charge in [0.25, 0.3) is 0 Å². The summed E-state index contributed by atoms with van der Waals surface area (Å²) in [5.41, 5.74) is 3.59. The molecule has 0 aliphatic carbocycles. The third-order valence-electron chi connectivity index (χ3n) is 8.71.